The fraction of sp³-hybridized carbons (Fsp3) is 0.263. The summed E-state index contributed by atoms with van der Waals surface area (Å²) in [5.41, 5.74) is 0.814. The van der Waals surface area contributed by atoms with E-state index < -0.39 is 11.4 Å². The highest BCUT2D eigenvalue weighted by Gasteiger charge is 2.56. The molecule has 0 radical (unpaired) electrons. The lowest BCUT2D eigenvalue weighted by molar-refractivity contribution is -0.134. The van der Waals surface area contributed by atoms with Crippen molar-refractivity contribution in [3.63, 3.8) is 0 Å². The van der Waals surface area contributed by atoms with E-state index in [1.54, 1.807) is 36.7 Å². The molecule has 7 nitrogen and oxygen atoms in total. The normalized spacial score (nSPS) is 14.2. The van der Waals surface area contributed by atoms with Crippen molar-refractivity contribution in [3.8, 4) is 0 Å². The van der Waals surface area contributed by atoms with Crippen LogP contribution >= 0.6 is 0 Å². The molecule has 1 aromatic heterocycles. The number of anilines is 1. The Kier molecular flexibility index (Phi) is 4.97. The molecule has 0 spiro atoms. The molecule has 2 amide bonds. The molecule has 1 aliphatic rings. The molecule has 1 fully saturated rings. The van der Waals surface area contributed by atoms with E-state index in [2.05, 4.69) is 20.4 Å². The van der Waals surface area contributed by atoms with Crippen LogP contribution in [0.15, 0.2) is 48.8 Å². The Morgan fingerprint density at radius 1 is 1.04 bits per heavy atom. The van der Waals surface area contributed by atoms with Crippen molar-refractivity contribution >= 4 is 23.5 Å². The van der Waals surface area contributed by atoms with Crippen LogP contribution in [-0.2, 0) is 20.9 Å². The summed E-state index contributed by atoms with van der Waals surface area (Å²) in [6.45, 7) is 0.351. The van der Waals surface area contributed by atoms with E-state index in [4.69, 9.17) is 0 Å². The van der Waals surface area contributed by atoms with E-state index in [9.17, 15) is 14.4 Å². The van der Waals surface area contributed by atoms with E-state index in [-0.39, 0.29) is 11.8 Å². The predicted octanol–water partition coefficient (Wildman–Crippen LogP) is 1.90. The topological polar surface area (TPSA) is 97.4 Å². The van der Waals surface area contributed by atoms with Crippen molar-refractivity contribution in [2.24, 2.45) is 5.41 Å². The van der Waals surface area contributed by atoms with Crippen molar-refractivity contribution in [1.82, 2.24) is 10.3 Å². The van der Waals surface area contributed by atoms with Crippen LogP contribution in [0.2, 0.25) is 0 Å². The molecule has 0 bridgehead atoms. The third-order valence-electron chi connectivity index (χ3n) is 4.39. The van der Waals surface area contributed by atoms with E-state index in [1.165, 1.54) is 7.11 Å². The molecule has 3 rings (SSSR count). The number of rotatable bonds is 6. The molecule has 2 aromatic rings. The molecular formula is C19H19N3O4. The van der Waals surface area contributed by atoms with Gasteiger partial charge in [-0.1, -0.05) is 0 Å². The lowest BCUT2D eigenvalue weighted by atomic mass is 10.0. The Balaban J connectivity index is 1.59. The van der Waals surface area contributed by atoms with Gasteiger partial charge in [0.1, 0.15) is 5.41 Å². The number of hydrogen-bond donors (Lipinski definition) is 2. The van der Waals surface area contributed by atoms with Gasteiger partial charge in [0.2, 0.25) is 11.8 Å². The van der Waals surface area contributed by atoms with Crippen LogP contribution in [0.5, 0.6) is 0 Å². The monoisotopic (exact) mass is 353 g/mol. The minimum absolute atomic E-state index is 0.280. The second kappa shape index (κ2) is 7.35. The number of aromatic nitrogens is 1. The zero-order valence-electron chi connectivity index (χ0n) is 14.3. The van der Waals surface area contributed by atoms with Gasteiger partial charge in [-0.2, -0.15) is 0 Å². The number of carbonyl (C=O) groups excluding carboxylic acids is 3. The standard InChI is InChI=1S/C19H19N3O4/c1-26-16(23)14-2-4-15(5-3-14)22-18(25)19(8-9-19)17(24)21-12-13-6-10-20-11-7-13/h2-7,10-11H,8-9,12H2,1H3,(H,21,24)(H,22,25). The lowest BCUT2D eigenvalue weighted by Gasteiger charge is -2.15. The van der Waals surface area contributed by atoms with Crippen LogP contribution in [-0.4, -0.2) is 29.9 Å². The molecule has 0 atom stereocenters. The van der Waals surface area contributed by atoms with Gasteiger partial charge in [-0.3, -0.25) is 14.6 Å². The van der Waals surface area contributed by atoms with Gasteiger partial charge in [-0.25, -0.2) is 4.79 Å². The zero-order valence-corrected chi connectivity index (χ0v) is 14.3. The van der Waals surface area contributed by atoms with Crippen molar-refractivity contribution in [2.45, 2.75) is 19.4 Å². The number of ether oxygens (including phenoxy) is 1. The number of carbonyl (C=O) groups is 3. The SMILES string of the molecule is COC(=O)c1ccc(NC(=O)C2(C(=O)NCc3ccncc3)CC2)cc1. The van der Waals surface area contributed by atoms with Gasteiger partial charge in [0, 0.05) is 24.6 Å². The summed E-state index contributed by atoms with van der Waals surface area (Å²) in [5.74, 6) is -1.06. The second-order valence-corrected chi connectivity index (χ2v) is 6.14. The maximum Gasteiger partial charge on any atom is 0.337 e. The number of esters is 1. The fourth-order valence-corrected chi connectivity index (χ4v) is 2.59. The zero-order chi connectivity index (χ0) is 18.6. The minimum atomic E-state index is -1.02. The molecule has 1 heterocycles. The molecule has 1 aromatic carbocycles. The molecule has 0 aliphatic heterocycles. The molecular weight excluding hydrogens is 334 g/mol. The molecule has 134 valence electrons. The highest BCUT2D eigenvalue weighted by Crippen LogP contribution is 2.46. The largest absolute Gasteiger partial charge is 0.465 e. The predicted molar refractivity (Wildman–Crippen MR) is 94.2 cm³/mol. The van der Waals surface area contributed by atoms with Crippen LogP contribution in [0.25, 0.3) is 0 Å². The van der Waals surface area contributed by atoms with Gasteiger partial charge in [0.05, 0.1) is 12.7 Å². The number of nitrogens with zero attached hydrogens (tertiary/aromatic N) is 1. The van der Waals surface area contributed by atoms with Crippen molar-refractivity contribution in [1.29, 1.82) is 0 Å². The Hall–Kier alpha value is -3.22. The average Bonchev–Trinajstić information content (AvgIpc) is 3.49. The first-order valence-electron chi connectivity index (χ1n) is 8.22. The lowest BCUT2D eigenvalue weighted by Crippen LogP contribution is -2.39. The molecule has 1 saturated carbocycles. The number of methoxy groups -OCH3 is 1. The van der Waals surface area contributed by atoms with Crippen LogP contribution in [0.4, 0.5) is 5.69 Å². The van der Waals surface area contributed by atoms with E-state index in [0.717, 1.165) is 5.56 Å². The van der Waals surface area contributed by atoms with Crippen LogP contribution in [0.1, 0.15) is 28.8 Å². The maximum atomic E-state index is 12.6. The summed E-state index contributed by atoms with van der Waals surface area (Å²) < 4.78 is 4.63. The number of amides is 2. The number of benzene rings is 1. The number of hydrogen-bond acceptors (Lipinski definition) is 5. The summed E-state index contributed by atoms with van der Waals surface area (Å²) in [4.78, 5) is 40.4. The van der Waals surface area contributed by atoms with Crippen molar-refractivity contribution < 1.29 is 19.1 Å². The van der Waals surface area contributed by atoms with E-state index >= 15 is 0 Å². The highest BCUT2D eigenvalue weighted by molar-refractivity contribution is 6.13. The molecule has 26 heavy (non-hydrogen) atoms. The van der Waals surface area contributed by atoms with Crippen LogP contribution in [0, 0.1) is 5.41 Å². The highest BCUT2D eigenvalue weighted by atomic mass is 16.5. The quantitative estimate of drug-likeness (QED) is 0.611. The van der Waals surface area contributed by atoms with E-state index in [0.29, 0.717) is 30.6 Å². The molecule has 2 N–H and O–H groups in total. The van der Waals surface area contributed by atoms with Gasteiger partial charge in [-0.15, -0.1) is 0 Å². The summed E-state index contributed by atoms with van der Waals surface area (Å²) in [6, 6.07) is 9.95. The molecule has 0 saturated heterocycles. The second-order valence-electron chi connectivity index (χ2n) is 6.14. The van der Waals surface area contributed by atoms with Gasteiger partial charge >= 0.3 is 5.97 Å². The first-order valence-corrected chi connectivity index (χ1v) is 8.22. The van der Waals surface area contributed by atoms with Gasteiger partial charge in [0.25, 0.3) is 0 Å². The average molecular weight is 353 g/mol. The summed E-state index contributed by atoms with van der Waals surface area (Å²) in [6.07, 6.45) is 4.33. The van der Waals surface area contributed by atoms with Crippen molar-refractivity contribution in [2.75, 3.05) is 12.4 Å². The van der Waals surface area contributed by atoms with Crippen molar-refractivity contribution in [3.05, 3.63) is 59.9 Å². The Morgan fingerprint density at radius 2 is 1.69 bits per heavy atom. The number of pyridine rings is 1. The van der Waals surface area contributed by atoms with Gasteiger partial charge in [-0.05, 0) is 54.8 Å². The number of nitrogens with one attached hydrogen (secondary N) is 2. The molecule has 1 aliphatic carbocycles. The molecule has 0 unspecified atom stereocenters. The Bertz CT molecular complexity index is 814. The Labute approximate surface area is 150 Å². The fourth-order valence-electron chi connectivity index (χ4n) is 2.59. The van der Waals surface area contributed by atoms with Crippen LogP contribution < -0.4 is 10.6 Å². The van der Waals surface area contributed by atoms with Gasteiger partial charge in [0.15, 0.2) is 0 Å². The smallest absolute Gasteiger partial charge is 0.337 e. The summed E-state index contributed by atoms with van der Waals surface area (Å²) >= 11 is 0. The minimum Gasteiger partial charge on any atom is -0.465 e. The summed E-state index contributed by atoms with van der Waals surface area (Å²) in [7, 11) is 1.30. The summed E-state index contributed by atoms with van der Waals surface area (Å²) in [5, 5.41) is 5.56. The third kappa shape index (κ3) is 3.72. The van der Waals surface area contributed by atoms with E-state index in [1.807, 2.05) is 12.1 Å². The van der Waals surface area contributed by atoms with Gasteiger partial charge < -0.3 is 15.4 Å². The third-order valence-corrected chi connectivity index (χ3v) is 4.39. The molecule has 7 heteroatoms. The first-order chi connectivity index (χ1) is 12.5. The maximum absolute atomic E-state index is 12.6. The van der Waals surface area contributed by atoms with Crippen LogP contribution in [0.3, 0.4) is 0 Å². The Morgan fingerprint density at radius 3 is 2.27 bits per heavy atom. The first kappa shape index (κ1) is 17.6.